The standard InChI is InChI=1S/C25H29NO3/c1-17-14-18(2)25(16-29-24(27)26-21-12-8-5-9-13-21)15-28-23(22(17)19(25)3)20-10-6-4-7-11-20/h4-14,18-19,22-23H,15-16H2,1-3H3,(H,26,27)/t18-,19-,22+,23-,25-/m0/s1. The lowest BCUT2D eigenvalue weighted by Crippen LogP contribution is -2.54. The molecule has 2 aliphatic rings. The first kappa shape index (κ1) is 19.7. The molecule has 0 spiro atoms. The maximum Gasteiger partial charge on any atom is 0.411 e. The molecule has 0 saturated carbocycles. The van der Waals surface area contributed by atoms with E-state index in [2.05, 4.69) is 56.4 Å². The monoisotopic (exact) mass is 391 g/mol. The smallest absolute Gasteiger partial charge is 0.411 e. The van der Waals surface area contributed by atoms with Gasteiger partial charge in [-0.25, -0.2) is 4.79 Å². The highest BCUT2D eigenvalue weighted by molar-refractivity contribution is 5.84. The van der Waals surface area contributed by atoms with Gasteiger partial charge in [-0.2, -0.15) is 0 Å². The molecule has 1 amide bonds. The highest BCUT2D eigenvalue weighted by Crippen LogP contribution is 2.56. The predicted octanol–water partition coefficient (Wildman–Crippen LogP) is 5.84. The van der Waals surface area contributed by atoms with Crippen LogP contribution in [0.4, 0.5) is 10.5 Å². The molecule has 29 heavy (non-hydrogen) atoms. The molecule has 1 aliphatic carbocycles. The highest BCUT2D eigenvalue weighted by atomic mass is 16.6. The van der Waals surface area contributed by atoms with Crippen LogP contribution >= 0.6 is 0 Å². The summed E-state index contributed by atoms with van der Waals surface area (Å²) in [5.41, 5.74) is 3.09. The van der Waals surface area contributed by atoms with Crippen molar-refractivity contribution in [1.82, 2.24) is 0 Å². The summed E-state index contributed by atoms with van der Waals surface area (Å²) in [4.78, 5) is 12.4. The third kappa shape index (κ3) is 3.69. The minimum atomic E-state index is -0.419. The highest BCUT2D eigenvalue weighted by Gasteiger charge is 2.54. The van der Waals surface area contributed by atoms with Crippen molar-refractivity contribution >= 4 is 11.8 Å². The van der Waals surface area contributed by atoms with E-state index in [-0.39, 0.29) is 23.4 Å². The number of nitrogens with one attached hydrogen (secondary N) is 1. The average Bonchev–Trinajstić information content (AvgIpc) is 2.73. The van der Waals surface area contributed by atoms with E-state index in [4.69, 9.17) is 9.47 Å². The molecular formula is C25H29NO3. The second kappa shape index (κ2) is 8.03. The van der Waals surface area contributed by atoms with Crippen molar-refractivity contribution in [2.45, 2.75) is 26.9 Å². The SMILES string of the molecule is CC1=C[C@H](C)[C@@]2(COC(=O)Nc3ccccc3)CO[C@@H](c3ccccc3)[C@H]1[C@@H]2C. The van der Waals surface area contributed by atoms with E-state index in [9.17, 15) is 4.79 Å². The van der Waals surface area contributed by atoms with Crippen molar-refractivity contribution in [1.29, 1.82) is 0 Å². The Labute approximate surface area is 172 Å². The lowest BCUT2D eigenvalue weighted by Gasteiger charge is -2.55. The first-order valence-corrected chi connectivity index (χ1v) is 10.3. The molecule has 1 N–H and O–H groups in total. The van der Waals surface area contributed by atoms with Crippen molar-refractivity contribution in [2.75, 3.05) is 18.5 Å². The van der Waals surface area contributed by atoms with Crippen LogP contribution in [-0.4, -0.2) is 19.3 Å². The van der Waals surface area contributed by atoms with Gasteiger partial charge in [-0.1, -0.05) is 74.0 Å². The zero-order valence-corrected chi connectivity index (χ0v) is 17.3. The van der Waals surface area contributed by atoms with E-state index in [1.807, 2.05) is 36.4 Å². The second-order valence-electron chi connectivity index (χ2n) is 8.46. The zero-order chi connectivity index (χ0) is 20.4. The van der Waals surface area contributed by atoms with Crippen LogP contribution in [0.2, 0.25) is 0 Å². The summed E-state index contributed by atoms with van der Waals surface area (Å²) in [7, 11) is 0. The topological polar surface area (TPSA) is 47.6 Å². The van der Waals surface area contributed by atoms with Gasteiger partial charge in [-0.3, -0.25) is 5.32 Å². The minimum absolute atomic E-state index is 0.0428. The Kier molecular flexibility index (Phi) is 5.46. The van der Waals surface area contributed by atoms with Gasteiger partial charge in [0.05, 0.1) is 12.7 Å². The molecule has 0 radical (unpaired) electrons. The van der Waals surface area contributed by atoms with Crippen LogP contribution in [0.25, 0.3) is 0 Å². The van der Waals surface area contributed by atoms with E-state index in [1.54, 1.807) is 0 Å². The molecule has 5 atom stereocenters. The number of carbonyl (C=O) groups is 1. The number of carbonyl (C=O) groups excluding carboxylic acids is 1. The molecule has 1 fully saturated rings. The van der Waals surface area contributed by atoms with Crippen molar-refractivity contribution in [3.63, 3.8) is 0 Å². The van der Waals surface area contributed by atoms with Crippen molar-refractivity contribution in [2.24, 2.45) is 23.2 Å². The number of hydrogen-bond donors (Lipinski definition) is 1. The third-order valence-corrected chi connectivity index (χ3v) is 6.87. The van der Waals surface area contributed by atoms with Gasteiger partial charge in [0.15, 0.2) is 0 Å². The minimum Gasteiger partial charge on any atom is -0.449 e. The Morgan fingerprint density at radius 1 is 1.10 bits per heavy atom. The number of benzene rings is 2. The zero-order valence-electron chi connectivity index (χ0n) is 17.3. The molecule has 152 valence electrons. The Morgan fingerprint density at radius 2 is 1.76 bits per heavy atom. The number of hydrogen-bond acceptors (Lipinski definition) is 3. The lowest BCUT2D eigenvalue weighted by molar-refractivity contribution is -0.165. The van der Waals surface area contributed by atoms with Crippen LogP contribution < -0.4 is 5.32 Å². The number of amides is 1. The van der Waals surface area contributed by atoms with E-state index in [0.29, 0.717) is 19.1 Å². The molecule has 0 aromatic heterocycles. The number of allylic oxidation sites excluding steroid dienone is 1. The van der Waals surface area contributed by atoms with Gasteiger partial charge >= 0.3 is 6.09 Å². The first-order valence-electron chi connectivity index (χ1n) is 10.3. The predicted molar refractivity (Wildman–Crippen MR) is 115 cm³/mol. The lowest BCUT2D eigenvalue weighted by atomic mass is 9.56. The number of para-hydroxylation sites is 1. The Hall–Kier alpha value is -2.59. The van der Waals surface area contributed by atoms with Crippen molar-refractivity contribution < 1.29 is 14.3 Å². The summed E-state index contributed by atoms with van der Waals surface area (Å²) in [5, 5.41) is 2.81. The molecule has 1 aliphatic heterocycles. The summed E-state index contributed by atoms with van der Waals surface area (Å²) in [6.45, 7) is 7.62. The number of ether oxygens (including phenoxy) is 2. The van der Waals surface area contributed by atoms with Crippen LogP contribution in [0.5, 0.6) is 0 Å². The van der Waals surface area contributed by atoms with Crippen molar-refractivity contribution in [3.8, 4) is 0 Å². The number of anilines is 1. The molecule has 2 bridgehead atoms. The van der Waals surface area contributed by atoms with Gasteiger partial charge in [0.2, 0.25) is 0 Å². The molecule has 2 aromatic carbocycles. The van der Waals surface area contributed by atoms with E-state index >= 15 is 0 Å². The van der Waals surface area contributed by atoms with Crippen LogP contribution in [0.15, 0.2) is 72.3 Å². The fourth-order valence-corrected chi connectivity index (χ4v) is 5.08. The molecule has 4 rings (SSSR count). The summed E-state index contributed by atoms with van der Waals surface area (Å²) in [5.74, 6) is 0.893. The normalized spacial score (nSPS) is 30.9. The van der Waals surface area contributed by atoms with Gasteiger partial charge < -0.3 is 9.47 Å². The molecule has 2 aromatic rings. The maximum atomic E-state index is 12.4. The molecule has 0 unspecified atom stereocenters. The van der Waals surface area contributed by atoms with E-state index in [0.717, 1.165) is 5.69 Å². The van der Waals surface area contributed by atoms with Crippen molar-refractivity contribution in [3.05, 3.63) is 77.9 Å². The largest absolute Gasteiger partial charge is 0.449 e. The summed E-state index contributed by atoms with van der Waals surface area (Å²) < 4.78 is 12.2. The maximum absolute atomic E-state index is 12.4. The van der Waals surface area contributed by atoms with E-state index < -0.39 is 6.09 Å². The fourth-order valence-electron chi connectivity index (χ4n) is 5.08. The van der Waals surface area contributed by atoms with Gasteiger partial charge in [-0.05, 0) is 36.5 Å². The number of fused-ring (bicyclic) bond motifs is 2. The molecule has 1 heterocycles. The Balaban J connectivity index is 1.52. The summed E-state index contributed by atoms with van der Waals surface area (Å²) in [6, 6.07) is 19.8. The summed E-state index contributed by atoms with van der Waals surface area (Å²) in [6.07, 6.45) is 1.97. The first-order chi connectivity index (χ1) is 14.0. The van der Waals surface area contributed by atoms with Crippen LogP contribution in [-0.2, 0) is 9.47 Å². The Morgan fingerprint density at radius 3 is 2.45 bits per heavy atom. The average molecular weight is 392 g/mol. The van der Waals surface area contributed by atoms with Gasteiger partial charge in [0.1, 0.15) is 6.61 Å². The van der Waals surface area contributed by atoms with E-state index in [1.165, 1.54) is 11.1 Å². The number of rotatable bonds is 4. The molecular weight excluding hydrogens is 362 g/mol. The quantitative estimate of drug-likeness (QED) is 0.666. The van der Waals surface area contributed by atoms with Crippen LogP contribution in [0, 0.1) is 23.2 Å². The summed E-state index contributed by atoms with van der Waals surface area (Å²) >= 11 is 0. The molecule has 4 heteroatoms. The fraction of sp³-hybridized carbons (Fsp3) is 0.400. The van der Waals surface area contributed by atoms with Gasteiger partial charge in [0, 0.05) is 17.0 Å². The van der Waals surface area contributed by atoms with Crippen LogP contribution in [0.1, 0.15) is 32.4 Å². The second-order valence-corrected chi connectivity index (χ2v) is 8.46. The Bertz CT molecular complexity index is 879. The molecule has 4 nitrogen and oxygen atoms in total. The van der Waals surface area contributed by atoms with Gasteiger partial charge in [-0.15, -0.1) is 0 Å². The van der Waals surface area contributed by atoms with Crippen LogP contribution in [0.3, 0.4) is 0 Å². The molecule has 1 saturated heterocycles. The van der Waals surface area contributed by atoms with Gasteiger partial charge in [0.25, 0.3) is 0 Å². The third-order valence-electron chi connectivity index (χ3n) is 6.87.